The van der Waals surface area contributed by atoms with Gasteiger partial charge in [0.2, 0.25) is 5.91 Å². The molecule has 0 spiro atoms. The predicted molar refractivity (Wildman–Crippen MR) is 158 cm³/mol. The van der Waals surface area contributed by atoms with Gasteiger partial charge < -0.3 is 10.2 Å². The zero-order chi connectivity index (χ0) is 28.6. The summed E-state index contributed by atoms with van der Waals surface area (Å²) in [6, 6.07) is 12.7. The summed E-state index contributed by atoms with van der Waals surface area (Å²) >= 11 is 1.61. The van der Waals surface area contributed by atoms with Crippen molar-refractivity contribution >= 4 is 22.8 Å². The number of benzene rings is 2. The van der Waals surface area contributed by atoms with E-state index in [0.717, 1.165) is 59.7 Å². The Kier molecular flexibility index (Phi) is 9.56. The molecule has 6 nitrogen and oxygen atoms in total. The number of carbonyl (C=O) groups excluding carboxylic acids is 1. The van der Waals surface area contributed by atoms with Crippen molar-refractivity contribution in [1.82, 2.24) is 20.2 Å². The number of carbonyl (C=O) groups is 1. The number of rotatable bonds is 9. The maximum Gasteiger partial charge on any atom is 0.223 e. The van der Waals surface area contributed by atoms with Crippen molar-refractivity contribution < 1.29 is 13.6 Å². The third kappa shape index (κ3) is 8.10. The van der Waals surface area contributed by atoms with Gasteiger partial charge in [0.05, 0.1) is 5.70 Å². The molecule has 1 aliphatic carbocycles. The van der Waals surface area contributed by atoms with E-state index in [9.17, 15) is 13.6 Å². The first-order valence-corrected chi connectivity index (χ1v) is 14.8. The van der Waals surface area contributed by atoms with Crippen LogP contribution in [0.3, 0.4) is 0 Å². The van der Waals surface area contributed by atoms with Crippen LogP contribution >= 0.6 is 11.8 Å². The third-order valence-electron chi connectivity index (χ3n) is 7.50. The van der Waals surface area contributed by atoms with Gasteiger partial charge >= 0.3 is 0 Å². The molecule has 1 aliphatic heterocycles. The molecule has 0 radical (unpaired) electrons. The van der Waals surface area contributed by atoms with Gasteiger partial charge in [-0.15, -0.1) is 0 Å². The van der Waals surface area contributed by atoms with E-state index in [1.54, 1.807) is 48.4 Å². The van der Waals surface area contributed by atoms with Crippen LogP contribution in [0.25, 0.3) is 0 Å². The average molecular weight is 574 g/mol. The number of nitrogens with one attached hydrogen (secondary N) is 1. The summed E-state index contributed by atoms with van der Waals surface area (Å²) in [7, 11) is 0. The highest BCUT2D eigenvalue weighted by Crippen LogP contribution is 2.33. The molecule has 0 saturated heterocycles. The molecule has 9 heteroatoms. The fourth-order valence-electron chi connectivity index (χ4n) is 5.15. The van der Waals surface area contributed by atoms with Gasteiger partial charge in [0, 0.05) is 49.8 Å². The molecule has 1 N–H and O–H groups in total. The van der Waals surface area contributed by atoms with Gasteiger partial charge in [0.1, 0.15) is 18.0 Å². The van der Waals surface area contributed by atoms with Crippen molar-refractivity contribution in [3.63, 3.8) is 0 Å². The SMILES string of the molecule is C=C1N=C(SCc2ccc(F)cc2)N(CC2CCC(C(=O)NCc3ccc(F)cc3)CC2)C=C1Cc1cncnc1. The van der Waals surface area contributed by atoms with Crippen LogP contribution in [0.1, 0.15) is 42.4 Å². The van der Waals surface area contributed by atoms with E-state index in [-0.39, 0.29) is 23.5 Å². The fourth-order valence-corrected chi connectivity index (χ4v) is 6.11. The molecule has 2 aromatic carbocycles. The molecule has 0 unspecified atom stereocenters. The number of hydrogen-bond donors (Lipinski definition) is 1. The van der Waals surface area contributed by atoms with Gasteiger partial charge in [0.25, 0.3) is 0 Å². The standard InChI is InChI=1S/C32H33F2N5OS/c1-22-28(14-26-15-35-21-36-16-26)19-39(32(38-22)41-20-25-6-12-30(34)13-7-25)18-24-2-8-27(9-3-24)31(40)37-17-23-4-10-29(33)11-5-23/h4-7,10-13,15-16,19,21,24,27H,1-3,8-9,14,17-18,20H2,(H,37,40). The van der Waals surface area contributed by atoms with E-state index in [1.807, 2.05) is 0 Å². The molecular weight excluding hydrogens is 540 g/mol. The zero-order valence-electron chi connectivity index (χ0n) is 22.8. The summed E-state index contributed by atoms with van der Waals surface area (Å²) in [5, 5.41) is 3.88. The Bertz CT molecular complexity index is 1400. The normalized spacial score (nSPS) is 19.0. The summed E-state index contributed by atoms with van der Waals surface area (Å²) in [5.41, 5.74) is 4.63. The van der Waals surface area contributed by atoms with E-state index in [0.29, 0.717) is 30.3 Å². The number of nitrogens with zero attached hydrogens (tertiary/aromatic N) is 4. The molecule has 41 heavy (non-hydrogen) atoms. The van der Waals surface area contributed by atoms with Crippen LogP contribution < -0.4 is 5.32 Å². The first-order valence-electron chi connectivity index (χ1n) is 13.8. The Morgan fingerprint density at radius 3 is 2.22 bits per heavy atom. The smallest absolute Gasteiger partial charge is 0.223 e. The molecule has 1 fully saturated rings. The maximum atomic E-state index is 13.4. The van der Waals surface area contributed by atoms with Gasteiger partial charge in [-0.1, -0.05) is 42.6 Å². The molecule has 1 amide bonds. The summed E-state index contributed by atoms with van der Waals surface area (Å²) in [6.07, 6.45) is 11.4. The lowest BCUT2D eigenvalue weighted by atomic mass is 9.81. The molecule has 1 aromatic heterocycles. The van der Waals surface area contributed by atoms with Gasteiger partial charge in [-0.3, -0.25) is 4.79 Å². The Hall–Kier alpha value is -3.85. The number of allylic oxidation sites excluding steroid dienone is 1. The van der Waals surface area contributed by atoms with Crippen LogP contribution in [0.2, 0.25) is 0 Å². The van der Waals surface area contributed by atoms with E-state index in [2.05, 4.69) is 33.0 Å². The summed E-state index contributed by atoms with van der Waals surface area (Å²) in [6.45, 7) is 5.41. The van der Waals surface area contributed by atoms with Crippen molar-refractivity contribution in [2.45, 2.75) is 44.4 Å². The summed E-state index contributed by atoms with van der Waals surface area (Å²) in [5.74, 6) is 0.594. The minimum atomic E-state index is -0.283. The molecule has 3 aromatic rings. The van der Waals surface area contributed by atoms with Crippen LogP contribution in [0.15, 0.2) is 96.3 Å². The third-order valence-corrected chi connectivity index (χ3v) is 8.56. The molecule has 0 atom stereocenters. The largest absolute Gasteiger partial charge is 0.352 e. The second-order valence-electron chi connectivity index (χ2n) is 10.5. The number of halogens is 2. The molecule has 0 bridgehead atoms. The number of amides is 1. The van der Waals surface area contributed by atoms with E-state index >= 15 is 0 Å². The number of amidine groups is 1. The number of thioether (sulfide) groups is 1. The molecular formula is C32H33F2N5OS. The van der Waals surface area contributed by atoms with Crippen LogP contribution in [0.5, 0.6) is 0 Å². The van der Waals surface area contributed by atoms with Gasteiger partial charge in [-0.25, -0.2) is 23.7 Å². The van der Waals surface area contributed by atoms with Crippen molar-refractivity contribution in [1.29, 1.82) is 0 Å². The average Bonchev–Trinajstić information content (AvgIpc) is 2.99. The van der Waals surface area contributed by atoms with Crippen molar-refractivity contribution in [3.05, 3.63) is 120 Å². The Morgan fingerprint density at radius 2 is 1.56 bits per heavy atom. The van der Waals surface area contributed by atoms with Gasteiger partial charge in [-0.05, 0) is 78.1 Å². The van der Waals surface area contributed by atoms with Crippen LogP contribution in [-0.2, 0) is 23.5 Å². The van der Waals surface area contributed by atoms with Gasteiger partial charge in [0.15, 0.2) is 5.17 Å². The zero-order valence-corrected chi connectivity index (χ0v) is 23.6. The first-order chi connectivity index (χ1) is 19.9. The highest BCUT2D eigenvalue weighted by Gasteiger charge is 2.29. The highest BCUT2D eigenvalue weighted by atomic mass is 32.2. The quantitative estimate of drug-likeness (QED) is 0.320. The lowest BCUT2D eigenvalue weighted by Gasteiger charge is -2.34. The van der Waals surface area contributed by atoms with Crippen molar-refractivity contribution in [2.24, 2.45) is 16.8 Å². The number of aromatic nitrogens is 2. The first kappa shape index (κ1) is 28.7. The summed E-state index contributed by atoms with van der Waals surface area (Å²) in [4.78, 5) is 28.2. The Labute approximate surface area is 243 Å². The summed E-state index contributed by atoms with van der Waals surface area (Å²) < 4.78 is 26.5. The van der Waals surface area contributed by atoms with E-state index in [4.69, 9.17) is 4.99 Å². The van der Waals surface area contributed by atoms with Crippen molar-refractivity contribution in [2.75, 3.05) is 6.54 Å². The predicted octanol–water partition coefficient (Wildman–Crippen LogP) is 6.42. The Morgan fingerprint density at radius 1 is 0.927 bits per heavy atom. The van der Waals surface area contributed by atoms with Crippen molar-refractivity contribution in [3.8, 4) is 0 Å². The number of hydrogen-bond acceptors (Lipinski definition) is 6. The van der Waals surface area contributed by atoms with Crippen LogP contribution in [-0.4, -0.2) is 32.5 Å². The fraction of sp³-hybridized carbons (Fsp3) is 0.312. The Balaban J connectivity index is 1.20. The molecule has 5 rings (SSSR count). The second-order valence-corrected chi connectivity index (χ2v) is 11.5. The minimum absolute atomic E-state index is 0.0157. The topological polar surface area (TPSA) is 70.5 Å². The van der Waals surface area contributed by atoms with Crippen LogP contribution in [0.4, 0.5) is 8.78 Å². The van der Waals surface area contributed by atoms with E-state index < -0.39 is 0 Å². The molecule has 212 valence electrons. The molecule has 2 aliphatic rings. The molecule has 1 saturated carbocycles. The number of aliphatic imine (C=N–C) groups is 1. The minimum Gasteiger partial charge on any atom is -0.352 e. The lowest BCUT2D eigenvalue weighted by Crippen LogP contribution is -2.36. The highest BCUT2D eigenvalue weighted by molar-refractivity contribution is 8.13. The molecule has 2 heterocycles. The lowest BCUT2D eigenvalue weighted by molar-refractivity contribution is -0.126. The van der Waals surface area contributed by atoms with Crippen LogP contribution in [0, 0.1) is 23.5 Å². The maximum absolute atomic E-state index is 13.4. The van der Waals surface area contributed by atoms with Gasteiger partial charge in [-0.2, -0.15) is 0 Å². The second kappa shape index (κ2) is 13.7. The monoisotopic (exact) mass is 573 g/mol. The van der Waals surface area contributed by atoms with E-state index in [1.165, 1.54) is 30.6 Å².